The topological polar surface area (TPSA) is 72.5 Å². The van der Waals surface area contributed by atoms with E-state index in [1.807, 2.05) is 0 Å². The highest BCUT2D eigenvalue weighted by Gasteiger charge is 2.37. The van der Waals surface area contributed by atoms with Crippen LogP contribution in [0.3, 0.4) is 0 Å². The normalized spacial score (nSPS) is 13.8. The van der Waals surface area contributed by atoms with Crippen LogP contribution in [0.25, 0.3) is 11.3 Å². The number of hydrogen-bond acceptors (Lipinski definition) is 4. The number of hydrogen-bond donors (Lipinski definition) is 0. The van der Waals surface area contributed by atoms with E-state index in [2.05, 4.69) is 13.8 Å². The maximum absolute atomic E-state index is 13.8. The van der Waals surface area contributed by atoms with E-state index in [1.54, 1.807) is 0 Å². The first-order valence-corrected chi connectivity index (χ1v) is 9.64. The van der Waals surface area contributed by atoms with Gasteiger partial charge in [0.2, 0.25) is 0 Å². The lowest BCUT2D eigenvalue weighted by Gasteiger charge is -2.05. The molecule has 0 spiro atoms. The Morgan fingerprint density at radius 1 is 1.11 bits per heavy atom. The highest BCUT2D eigenvalue weighted by atomic mass is 32.2. The number of benzene rings is 2. The fourth-order valence-corrected chi connectivity index (χ4v) is 3.61. The molecule has 0 saturated carbocycles. The van der Waals surface area contributed by atoms with Crippen molar-refractivity contribution in [3.8, 4) is 11.3 Å². The van der Waals surface area contributed by atoms with E-state index < -0.39 is 33.5 Å². The van der Waals surface area contributed by atoms with Crippen LogP contribution in [0.4, 0.5) is 17.6 Å². The van der Waals surface area contributed by atoms with Gasteiger partial charge in [0.05, 0.1) is 14.6 Å². The summed E-state index contributed by atoms with van der Waals surface area (Å²) < 4.78 is 72.1. The van der Waals surface area contributed by atoms with E-state index in [4.69, 9.17) is 0 Å². The van der Waals surface area contributed by atoms with Gasteiger partial charge >= 0.3 is 12.1 Å². The summed E-state index contributed by atoms with van der Waals surface area (Å²) >= 11 is 0. The van der Waals surface area contributed by atoms with Crippen molar-refractivity contribution in [3.05, 3.63) is 72.1 Å². The molecule has 28 heavy (non-hydrogen) atoms. The maximum Gasteiger partial charge on any atom is 0.468 e. The molecule has 0 aliphatic heterocycles. The van der Waals surface area contributed by atoms with Crippen molar-refractivity contribution < 1.29 is 31.0 Å². The monoisotopic (exact) mass is 412 g/mol. The van der Waals surface area contributed by atoms with Crippen molar-refractivity contribution in [1.29, 1.82) is 0 Å². The number of oxazole rings is 1. The SMILES string of the molecule is CS(=O)(=NC(=O)c1ccc(-c2coc(C(F)(F)F)n2)cc1)c1ccccc1F. The van der Waals surface area contributed by atoms with Crippen LogP contribution in [0, 0.1) is 5.82 Å². The highest BCUT2D eigenvalue weighted by molar-refractivity contribution is 7.93. The summed E-state index contributed by atoms with van der Waals surface area (Å²) in [5.74, 6) is -2.97. The van der Waals surface area contributed by atoms with Crippen LogP contribution >= 0.6 is 0 Å². The predicted octanol–water partition coefficient (Wildman–Crippen LogP) is 4.80. The molecule has 5 nitrogen and oxygen atoms in total. The number of carbonyl (C=O) groups is 1. The third-order valence-electron chi connectivity index (χ3n) is 3.68. The minimum Gasteiger partial charge on any atom is -0.441 e. The third kappa shape index (κ3) is 4.11. The van der Waals surface area contributed by atoms with Crippen molar-refractivity contribution in [2.75, 3.05) is 6.26 Å². The zero-order valence-corrected chi connectivity index (χ0v) is 15.1. The van der Waals surface area contributed by atoms with Crippen molar-refractivity contribution >= 4 is 15.6 Å². The fraction of sp³-hybridized carbons (Fsp3) is 0.111. The number of rotatable bonds is 3. The molecule has 3 aromatic rings. The first-order chi connectivity index (χ1) is 13.1. The molecule has 0 aliphatic carbocycles. The Balaban J connectivity index is 1.87. The standard InChI is InChI=1S/C18H12F4N2O3S/c1-28(26,15-5-3-2-4-13(15)19)24-16(25)12-8-6-11(7-9-12)14-10-27-17(23-14)18(20,21)22/h2-10H,1H3. The zero-order chi connectivity index (χ0) is 20.5. The largest absolute Gasteiger partial charge is 0.468 e. The molecule has 0 saturated heterocycles. The predicted molar refractivity (Wildman–Crippen MR) is 92.4 cm³/mol. The molecule has 0 N–H and O–H groups in total. The van der Waals surface area contributed by atoms with Crippen LogP contribution in [0.5, 0.6) is 0 Å². The summed E-state index contributed by atoms with van der Waals surface area (Å²) in [5.41, 5.74) is 0.255. The molecule has 1 heterocycles. The van der Waals surface area contributed by atoms with Gasteiger partial charge < -0.3 is 4.42 Å². The second-order valence-corrected chi connectivity index (χ2v) is 7.97. The molecule has 1 atom stereocenters. The first-order valence-electron chi connectivity index (χ1n) is 7.72. The fourth-order valence-electron chi connectivity index (χ4n) is 2.33. The van der Waals surface area contributed by atoms with Gasteiger partial charge in [0.1, 0.15) is 17.8 Å². The molecule has 0 radical (unpaired) electrons. The minimum atomic E-state index is -4.71. The van der Waals surface area contributed by atoms with E-state index in [-0.39, 0.29) is 21.7 Å². The second-order valence-electron chi connectivity index (χ2n) is 5.74. The average Bonchev–Trinajstić information content (AvgIpc) is 3.12. The van der Waals surface area contributed by atoms with Gasteiger partial charge in [-0.05, 0) is 24.3 Å². The van der Waals surface area contributed by atoms with Gasteiger partial charge in [-0.25, -0.2) is 13.6 Å². The van der Waals surface area contributed by atoms with Gasteiger partial charge in [-0.1, -0.05) is 24.3 Å². The Morgan fingerprint density at radius 3 is 2.32 bits per heavy atom. The van der Waals surface area contributed by atoms with Crippen LogP contribution in [0.15, 0.2) is 68.5 Å². The van der Waals surface area contributed by atoms with Gasteiger partial charge in [0.15, 0.2) is 0 Å². The summed E-state index contributed by atoms with van der Waals surface area (Å²) in [6.45, 7) is 0. The quantitative estimate of drug-likeness (QED) is 0.580. The molecule has 2 aromatic carbocycles. The lowest BCUT2D eigenvalue weighted by Crippen LogP contribution is -2.06. The number of nitrogens with zero attached hydrogens (tertiary/aromatic N) is 2. The second kappa shape index (κ2) is 7.19. The van der Waals surface area contributed by atoms with Crippen LogP contribution in [-0.2, 0) is 15.9 Å². The van der Waals surface area contributed by atoms with Crippen LogP contribution in [0.1, 0.15) is 16.2 Å². The molecule has 146 valence electrons. The molecule has 1 aromatic heterocycles. The summed E-state index contributed by atoms with van der Waals surface area (Å²) in [4.78, 5) is 15.4. The molecule has 0 fully saturated rings. The smallest absolute Gasteiger partial charge is 0.441 e. The summed E-state index contributed by atoms with van der Waals surface area (Å²) in [6, 6.07) is 10.6. The first kappa shape index (κ1) is 19.7. The Labute approximate surface area is 157 Å². The van der Waals surface area contributed by atoms with Crippen LogP contribution in [0.2, 0.25) is 0 Å². The molecule has 0 aliphatic rings. The number of halogens is 4. The van der Waals surface area contributed by atoms with Gasteiger partial charge in [-0.2, -0.15) is 17.5 Å². The van der Waals surface area contributed by atoms with Gasteiger partial charge in [0.25, 0.3) is 5.91 Å². The van der Waals surface area contributed by atoms with Crippen molar-refractivity contribution in [2.24, 2.45) is 4.36 Å². The van der Waals surface area contributed by atoms with E-state index in [0.29, 0.717) is 0 Å². The number of carbonyl (C=O) groups excluding carboxylic acids is 1. The third-order valence-corrected chi connectivity index (χ3v) is 5.34. The number of aromatic nitrogens is 1. The minimum absolute atomic E-state index is 0.0363. The Bertz CT molecular complexity index is 1140. The Hall–Kier alpha value is -3.01. The molecule has 0 bridgehead atoms. The van der Waals surface area contributed by atoms with Gasteiger partial charge in [-0.3, -0.25) is 4.79 Å². The van der Waals surface area contributed by atoms with Gasteiger partial charge in [-0.15, -0.1) is 0 Å². The van der Waals surface area contributed by atoms with Crippen LogP contribution < -0.4 is 0 Å². The number of alkyl halides is 3. The average molecular weight is 412 g/mol. The van der Waals surface area contributed by atoms with E-state index in [1.165, 1.54) is 42.5 Å². The number of amides is 1. The van der Waals surface area contributed by atoms with E-state index in [9.17, 15) is 26.6 Å². The molecule has 1 unspecified atom stereocenters. The Kier molecular flexibility index (Phi) is 5.07. The molecular weight excluding hydrogens is 400 g/mol. The molecular formula is C18H12F4N2O3S. The molecule has 1 amide bonds. The maximum atomic E-state index is 13.8. The van der Waals surface area contributed by atoms with E-state index in [0.717, 1.165) is 18.6 Å². The zero-order valence-electron chi connectivity index (χ0n) is 14.2. The van der Waals surface area contributed by atoms with Crippen LogP contribution in [-0.4, -0.2) is 21.4 Å². The highest BCUT2D eigenvalue weighted by Crippen LogP contribution is 2.31. The van der Waals surface area contributed by atoms with Crippen molar-refractivity contribution in [2.45, 2.75) is 11.1 Å². The molecule has 10 heteroatoms. The molecule has 3 rings (SSSR count). The summed E-state index contributed by atoms with van der Waals surface area (Å²) in [7, 11) is -3.32. The summed E-state index contributed by atoms with van der Waals surface area (Å²) in [6.07, 6.45) is -2.71. The Morgan fingerprint density at radius 2 is 1.75 bits per heavy atom. The van der Waals surface area contributed by atoms with E-state index >= 15 is 0 Å². The summed E-state index contributed by atoms with van der Waals surface area (Å²) in [5, 5.41) is 0. The van der Waals surface area contributed by atoms with Crippen molar-refractivity contribution in [1.82, 2.24) is 4.98 Å². The lowest BCUT2D eigenvalue weighted by atomic mass is 10.1. The lowest BCUT2D eigenvalue weighted by molar-refractivity contribution is -0.157. The van der Waals surface area contributed by atoms with Crippen molar-refractivity contribution in [3.63, 3.8) is 0 Å². The van der Waals surface area contributed by atoms with Gasteiger partial charge in [0, 0.05) is 17.4 Å².